The number of aliphatic hydroxyl groups excluding tert-OH is 1. The van der Waals surface area contributed by atoms with Crippen molar-refractivity contribution in [1.29, 1.82) is 0 Å². The lowest BCUT2D eigenvalue weighted by Crippen LogP contribution is -2.37. The quantitative estimate of drug-likeness (QED) is 0.904. The van der Waals surface area contributed by atoms with E-state index in [1.165, 1.54) is 32.1 Å². The average molecular weight is 357 g/mol. The Morgan fingerprint density at radius 2 is 1.92 bits per heavy atom. The van der Waals surface area contributed by atoms with Gasteiger partial charge in [0.15, 0.2) is 11.5 Å². The van der Waals surface area contributed by atoms with E-state index in [0.29, 0.717) is 36.5 Å². The highest BCUT2D eigenvalue weighted by Crippen LogP contribution is 2.39. The van der Waals surface area contributed by atoms with Crippen molar-refractivity contribution < 1.29 is 19.1 Å². The molecule has 1 aromatic carbocycles. The van der Waals surface area contributed by atoms with Crippen LogP contribution >= 0.6 is 0 Å². The molecule has 7 heteroatoms. The number of benzene rings is 1. The Morgan fingerprint density at radius 3 is 2.81 bits per heavy atom. The Hall–Kier alpha value is -2.12. The van der Waals surface area contributed by atoms with Crippen molar-refractivity contribution in [1.82, 2.24) is 15.0 Å². The molecule has 138 valence electrons. The molecule has 0 radical (unpaired) electrons. The molecule has 1 saturated carbocycles. The Labute approximate surface area is 151 Å². The molecule has 1 aromatic heterocycles. The fraction of sp³-hybridized carbons (Fsp3) is 0.579. The Bertz CT molecular complexity index is 787. The summed E-state index contributed by atoms with van der Waals surface area (Å²) in [7, 11) is 0. The molecule has 2 aromatic rings. The maximum Gasteiger partial charge on any atom is 0.244 e. The summed E-state index contributed by atoms with van der Waals surface area (Å²) in [6, 6.07) is 6.15. The summed E-state index contributed by atoms with van der Waals surface area (Å²) >= 11 is 0. The van der Waals surface area contributed by atoms with Crippen LogP contribution in [-0.2, 0) is 0 Å². The summed E-state index contributed by atoms with van der Waals surface area (Å²) < 4.78 is 16.4. The number of hydrogen-bond acceptors (Lipinski definition) is 7. The molecule has 2 aliphatic heterocycles. The fourth-order valence-electron chi connectivity index (χ4n) is 4.42. The lowest BCUT2D eigenvalue weighted by atomic mass is 9.94. The van der Waals surface area contributed by atoms with E-state index in [9.17, 15) is 5.11 Å². The first-order chi connectivity index (χ1) is 12.8. The van der Waals surface area contributed by atoms with E-state index in [-0.39, 0.29) is 18.9 Å². The summed E-state index contributed by atoms with van der Waals surface area (Å²) in [6.45, 7) is 0.934. The van der Waals surface area contributed by atoms with Gasteiger partial charge in [0.2, 0.25) is 18.5 Å². The van der Waals surface area contributed by atoms with E-state index >= 15 is 0 Å². The van der Waals surface area contributed by atoms with Gasteiger partial charge in [0, 0.05) is 18.2 Å². The maximum absolute atomic E-state index is 10.2. The van der Waals surface area contributed by atoms with Crippen LogP contribution in [0, 0.1) is 0 Å². The van der Waals surface area contributed by atoms with E-state index in [4.69, 9.17) is 14.0 Å². The summed E-state index contributed by atoms with van der Waals surface area (Å²) in [5, 5.41) is 14.4. The highest BCUT2D eigenvalue weighted by molar-refractivity contribution is 5.61. The van der Waals surface area contributed by atoms with Crippen molar-refractivity contribution in [3.63, 3.8) is 0 Å². The topological polar surface area (TPSA) is 80.9 Å². The van der Waals surface area contributed by atoms with Gasteiger partial charge >= 0.3 is 0 Å². The van der Waals surface area contributed by atoms with Gasteiger partial charge in [-0.15, -0.1) is 0 Å². The smallest absolute Gasteiger partial charge is 0.244 e. The number of likely N-dealkylation sites (tertiary alicyclic amines) is 1. The number of β-amino-alcohol motifs (C(OH)–C–C–N with tert-alkyl or cyclic N) is 1. The van der Waals surface area contributed by atoms with Gasteiger partial charge < -0.3 is 19.1 Å². The first kappa shape index (κ1) is 16.1. The van der Waals surface area contributed by atoms with E-state index in [1.807, 2.05) is 18.2 Å². The van der Waals surface area contributed by atoms with Gasteiger partial charge in [-0.3, -0.25) is 4.90 Å². The van der Waals surface area contributed by atoms with Crippen molar-refractivity contribution >= 4 is 0 Å². The third-order valence-electron chi connectivity index (χ3n) is 5.72. The van der Waals surface area contributed by atoms with Gasteiger partial charge in [0.25, 0.3) is 0 Å². The predicted molar refractivity (Wildman–Crippen MR) is 92.8 cm³/mol. The summed E-state index contributed by atoms with van der Waals surface area (Å²) in [6.07, 6.45) is 6.53. The number of aliphatic hydroxyl groups is 1. The Morgan fingerprint density at radius 1 is 1.08 bits per heavy atom. The average Bonchev–Trinajstić information content (AvgIpc) is 3.40. The minimum Gasteiger partial charge on any atom is -0.454 e. The van der Waals surface area contributed by atoms with Crippen LogP contribution in [0.5, 0.6) is 11.5 Å². The number of aromatic nitrogens is 2. The molecule has 2 fully saturated rings. The second-order valence-corrected chi connectivity index (χ2v) is 7.42. The Balaban J connectivity index is 1.40. The molecule has 0 bridgehead atoms. The molecule has 3 aliphatic rings. The number of rotatable bonds is 3. The molecule has 3 heterocycles. The van der Waals surface area contributed by atoms with Crippen LogP contribution in [0.1, 0.15) is 50.5 Å². The van der Waals surface area contributed by atoms with Crippen LogP contribution in [0.2, 0.25) is 0 Å². The maximum atomic E-state index is 10.2. The van der Waals surface area contributed by atoms with Gasteiger partial charge in [0.05, 0.1) is 12.1 Å². The predicted octanol–water partition coefficient (Wildman–Crippen LogP) is 2.91. The summed E-state index contributed by atoms with van der Waals surface area (Å²) in [5.41, 5.74) is 0.840. The molecule has 0 unspecified atom stereocenters. The van der Waals surface area contributed by atoms with E-state index < -0.39 is 0 Å². The molecule has 1 aliphatic carbocycles. The standard InChI is InChI=1S/C19H23N3O4/c23-14-9-15(22(10-14)13-4-2-1-3-5-13)19-20-18(21-26-19)12-6-7-16-17(8-12)25-11-24-16/h6-8,13-15,23H,1-5,9-11H2/t14-,15+/m1/s1. The lowest BCUT2D eigenvalue weighted by Gasteiger charge is -2.33. The monoisotopic (exact) mass is 357 g/mol. The molecule has 1 saturated heterocycles. The van der Waals surface area contributed by atoms with Crippen LogP contribution in [0.4, 0.5) is 0 Å². The lowest BCUT2D eigenvalue weighted by molar-refractivity contribution is 0.110. The minimum absolute atomic E-state index is 0.00311. The zero-order chi connectivity index (χ0) is 17.5. The molecule has 26 heavy (non-hydrogen) atoms. The van der Waals surface area contributed by atoms with Crippen LogP contribution in [0.3, 0.4) is 0 Å². The zero-order valence-corrected chi connectivity index (χ0v) is 14.6. The van der Waals surface area contributed by atoms with Crippen molar-refractivity contribution in [2.75, 3.05) is 13.3 Å². The number of hydrogen-bond donors (Lipinski definition) is 1. The van der Waals surface area contributed by atoms with E-state index in [2.05, 4.69) is 15.0 Å². The number of ether oxygens (including phenoxy) is 2. The number of nitrogens with zero attached hydrogens (tertiary/aromatic N) is 3. The van der Waals surface area contributed by atoms with E-state index in [0.717, 1.165) is 11.3 Å². The minimum atomic E-state index is -0.331. The van der Waals surface area contributed by atoms with Gasteiger partial charge in [0.1, 0.15) is 0 Å². The molecule has 0 amide bonds. The third kappa shape index (κ3) is 2.85. The normalized spacial score (nSPS) is 26.5. The SMILES string of the molecule is O[C@@H]1C[C@@H](c2nc(-c3ccc4c(c3)OCO4)no2)N(C2CCCCC2)C1. The highest BCUT2D eigenvalue weighted by atomic mass is 16.7. The molecule has 5 rings (SSSR count). The van der Waals surface area contributed by atoms with Crippen LogP contribution in [0.25, 0.3) is 11.4 Å². The zero-order valence-electron chi connectivity index (χ0n) is 14.6. The second kappa shape index (κ2) is 6.55. The van der Waals surface area contributed by atoms with E-state index in [1.54, 1.807) is 0 Å². The first-order valence-corrected chi connectivity index (χ1v) is 9.45. The molecule has 1 N–H and O–H groups in total. The molecular weight excluding hydrogens is 334 g/mol. The fourth-order valence-corrected chi connectivity index (χ4v) is 4.42. The van der Waals surface area contributed by atoms with Crippen molar-refractivity contribution in [3.05, 3.63) is 24.1 Å². The number of fused-ring (bicyclic) bond motifs is 1. The van der Waals surface area contributed by atoms with Gasteiger partial charge in [-0.05, 0) is 37.5 Å². The summed E-state index contributed by atoms with van der Waals surface area (Å²) in [4.78, 5) is 7.02. The molecule has 2 atom stereocenters. The first-order valence-electron chi connectivity index (χ1n) is 9.45. The third-order valence-corrected chi connectivity index (χ3v) is 5.72. The Kier molecular flexibility index (Phi) is 4.05. The van der Waals surface area contributed by atoms with Crippen molar-refractivity contribution in [2.24, 2.45) is 0 Å². The van der Waals surface area contributed by atoms with Gasteiger partial charge in [-0.1, -0.05) is 24.4 Å². The molecule has 7 nitrogen and oxygen atoms in total. The largest absolute Gasteiger partial charge is 0.454 e. The molecule has 0 spiro atoms. The van der Waals surface area contributed by atoms with Crippen LogP contribution < -0.4 is 9.47 Å². The van der Waals surface area contributed by atoms with Crippen molar-refractivity contribution in [2.45, 2.75) is 56.7 Å². The van der Waals surface area contributed by atoms with Gasteiger partial charge in [-0.2, -0.15) is 4.98 Å². The second-order valence-electron chi connectivity index (χ2n) is 7.42. The van der Waals surface area contributed by atoms with Gasteiger partial charge in [-0.25, -0.2) is 0 Å². The van der Waals surface area contributed by atoms with Crippen molar-refractivity contribution in [3.8, 4) is 22.9 Å². The van der Waals surface area contributed by atoms with Crippen LogP contribution in [0.15, 0.2) is 22.7 Å². The highest BCUT2D eigenvalue weighted by Gasteiger charge is 2.40. The molecular formula is C19H23N3O4. The van der Waals surface area contributed by atoms with Crippen LogP contribution in [-0.4, -0.2) is 45.6 Å². The summed E-state index contributed by atoms with van der Waals surface area (Å²) in [5.74, 6) is 2.58.